The Hall–Kier alpha value is -2.66. The molecule has 0 fully saturated rings. The first-order chi connectivity index (χ1) is 15.9. The van der Waals surface area contributed by atoms with Crippen LogP contribution in [0.2, 0.25) is 5.02 Å². The summed E-state index contributed by atoms with van der Waals surface area (Å²) in [6.07, 6.45) is 2.88. The number of aromatic nitrogens is 2. The predicted octanol–water partition coefficient (Wildman–Crippen LogP) is 4.05. The zero-order valence-corrected chi connectivity index (χ0v) is 20.5. The summed E-state index contributed by atoms with van der Waals surface area (Å²) in [4.78, 5) is 25.3. The Kier molecular flexibility index (Phi) is 6.14. The number of fused-ring (bicyclic) bond motifs is 1. The molecular weight excluding hydrogens is 486 g/mol. The fourth-order valence-corrected chi connectivity index (χ4v) is 7.91. The fraction of sp³-hybridized carbons (Fsp3) is 0.455. The molecule has 0 unspecified atom stereocenters. The molecule has 3 atom stereocenters. The summed E-state index contributed by atoms with van der Waals surface area (Å²) >= 11 is 5.92. The summed E-state index contributed by atoms with van der Waals surface area (Å²) < 4.78 is 46.3. The van der Waals surface area contributed by atoms with Crippen molar-refractivity contribution in [3.05, 3.63) is 52.4 Å². The van der Waals surface area contributed by atoms with Crippen molar-refractivity contribution in [1.29, 1.82) is 0 Å². The van der Waals surface area contributed by atoms with Crippen molar-refractivity contribution in [2.45, 2.75) is 55.6 Å². The maximum Gasteiger partial charge on any atom is 0.276 e. The van der Waals surface area contributed by atoms with E-state index in [4.69, 9.17) is 17.3 Å². The molecular formula is C22H25ClF2N6O2S. The van der Waals surface area contributed by atoms with Crippen LogP contribution in [0.15, 0.2) is 33.8 Å². The molecule has 4 rings (SSSR count). The zero-order chi connectivity index (χ0) is 24.9. The highest BCUT2D eigenvalue weighted by Crippen LogP contribution is 2.46. The van der Waals surface area contributed by atoms with Crippen LogP contribution < -0.4 is 11.1 Å². The van der Waals surface area contributed by atoms with Crippen LogP contribution in [0.1, 0.15) is 56.2 Å². The van der Waals surface area contributed by atoms with E-state index in [9.17, 15) is 13.4 Å². The fourth-order valence-electron chi connectivity index (χ4n) is 4.44. The van der Waals surface area contributed by atoms with Crippen molar-refractivity contribution in [2.75, 3.05) is 11.9 Å². The van der Waals surface area contributed by atoms with E-state index in [-0.39, 0.29) is 28.1 Å². The molecule has 4 heterocycles. The summed E-state index contributed by atoms with van der Waals surface area (Å²) in [5, 5.41) is 1.69. The SMILES string of the molecule is CC1(C)C(N)=N[C@](C)(c2nc(NC(=O)c3ncc(F)cc3Cl)ccc2F)[C@@H]2CCCCN=[S@@]21=O. The van der Waals surface area contributed by atoms with Gasteiger partial charge in [-0.1, -0.05) is 18.0 Å². The Morgan fingerprint density at radius 3 is 2.71 bits per heavy atom. The normalized spacial score (nSPS) is 28.2. The van der Waals surface area contributed by atoms with E-state index < -0.39 is 42.8 Å². The van der Waals surface area contributed by atoms with E-state index >= 15 is 4.39 Å². The third-order valence-corrected chi connectivity index (χ3v) is 10.5. The molecule has 2 aliphatic rings. The van der Waals surface area contributed by atoms with E-state index in [2.05, 4.69) is 24.6 Å². The molecule has 0 saturated heterocycles. The Morgan fingerprint density at radius 1 is 1.26 bits per heavy atom. The van der Waals surface area contributed by atoms with E-state index in [0.29, 0.717) is 13.0 Å². The van der Waals surface area contributed by atoms with Crippen LogP contribution in [0.4, 0.5) is 14.6 Å². The van der Waals surface area contributed by atoms with Crippen molar-refractivity contribution in [1.82, 2.24) is 9.97 Å². The van der Waals surface area contributed by atoms with Crippen LogP contribution in [-0.2, 0) is 15.3 Å². The highest BCUT2D eigenvalue weighted by Gasteiger charge is 2.56. The second-order valence-corrected chi connectivity index (χ2v) is 12.4. The molecule has 0 aromatic carbocycles. The largest absolute Gasteiger partial charge is 0.386 e. The number of aliphatic imine (C=N–C) groups is 1. The number of anilines is 1. The Bertz CT molecular complexity index is 1320. The predicted molar refractivity (Wildman–Crippen MR) is 127 cm³/mol. The second-order valence-electron chi connectivity index (χ2n) is 9.03. The molecule has 0 radical (unpaired) electrons. The lowest BCUT2D eigenvalue weighted by molar-refractivity contribution is 0.102. The Morgan fingerprint density at radius 2 is 2.00 bits per heavy atom. The van der Waals surface area contributed by atoms with Gasteiger partial charge in [-0.3, -0.25) is 9.79 Å². The topological polar surface area (TPSA) is 123 Å². The number of amides is 1. The summed E-state index contributed by atoms with van der Waals surface area (Å²) in [5.74, 6) is -2.01. The highest BCUT2D eigenvalue weighted by molar-refractivity contribution is 7.96. The second kappa shape index (κ2) is 8.53. The van der Waals surface area contributed by atoms with Gasteiger partial charge in [0.1, 0.15) is 45.0 Å². The first kappa shape index (κ1) is 24.5. The van der Waals surface area contributed by atoms with Gasteiger partial charge in [0, 0.05) is 6.54 Å². The zero-order valence-electron chi connectivity index (χ0n) is 18.9. The molecule has 1 amide bonds. The summed E-state index contributed by atoms with van der Waals surface area (Å²) in [6, 6.07) is 3.37. The summed E-state index contributed by atoms with van der Waals surface area (Å²) in [6.45, 7) is 5.57. The number of nitrogens with zero attached hydrogens (tertiary/aromatic N) is 4. The molecule has 2 aromatic heterocycles. The number of pyridine rings is 2. The van der Waals surface area contributed by atoms with Gasteiger partial charge >= 0.3 is 0 Å². The summed E-state index contributed by atoms with van der Waals surface area (Å²) in [5.41, 5.74) is 4.59. The van der Waals surface area contributed by atoms with Crippen LogP contribution >= 0.6 is 11.6 Å². The van der Waals surface area contributed by atoms with Crippen LogP contribution in [-0.4, -0.2) is 42.5 Å². The van der Waals surface area contributed by atoms with Gasteiger partial charge in [0.2, 0.25) is 0 Å². The van der Waals surface area contributed by atoms with Gasteiger partial charge in [0.15, 0.2) is 0 Å². The molecule has 0 aliphatic carbocycles. The minimum atomic E-state index is -2.94. The van der Waals surface area contributed by atoms with Gasteiger partial charge in [-0.15, -0.1) is 0 Å². The van der Waals surface area contributed by atoms with Crippen LogP contribution in [0.5, 0.6) is 0 Å². The molecule has 12 heteroatoms. The highest BCUT2D eigenvalue weighted by atomic mass is 35.5. The first-order valence-electron chi connectivity index (χ1n) is 10.8. The summed E-state index contributed by atoms with van der Waals surface area (Å²) in [7, 11) is -2.94. The molecule has 2 aromatic rings. The molecule has 2 aliphatic heterocycles. The number of hydrogen-bond acceptors (Lipinski definition) is 7. The molecule has 8 nitrogen and oxygen atoms in total. The number of carbonyl (C=O) groups excluding carboxylic acids is 1. The number of nitrogens with one attached hydrogen (secondary N) is 1. The molecule has 0 spiro atoms. The molecule has 34 heavy (non-hydrogen) atoms. The Labute approximate surface area is 201 Å². The lowest BCUT2D eigenvalue weighted by atomic mass is 9.88. The van der Waals surface area contributed by atoms with Crippen LogP contribution in [0.25, 0.3) is 0 Å². The quantitative estimate of drug-likeness (QED) is 0.645. The van der Waals surface area contributed by atoms with Crippen molar-refractivity contribution in [3.63, 3.8) is 0 Å². The number of hydrogen-bond donors (Lipinski definition) is 2. The number of carbonyl (C=O) groups is 1. The molecule has 182 valence electrons. The van der Waals surface area contributed by atoms with E-state index in [0.717, 1.165) is 31.2 Å². The smallest absolute Gasteiger partial charge is 0.276 e. The van der Waals surface area contributed by atoms with Crippen molar-refractivity contribution >= 4 is 38.9 Å². The third kappa shape index (κ3) is 3.84. The van der Waals surface area contributed by atoms with Crippen LogP contribution in [0, 0.1) is 11.6 Å². The standard InChI is InChI=1S/C22H25ClF2N6O2S/c1-21(2)20(26)31-22(3,15-6-4-5-9-28-34(15,21)33)18-14(25)7-8-16(29-18)30-19(32)17-13(23)10-12(24)11-27-17/h7-8,10-11,15H,4-6,9H2,1-3H3,(H2,26,31)(H,29,30,32)/t15-,22-,34+/m0/s1. The van der Waals surface area contributed by atoms with Gasteiger partial charge in [0.25, 0.3) is 5.91 Å². The third-order valence-electron chi connectivity index (χ3n) is 6.46. The van der Waals surface area contributed by atoms with Gasteiger partial charge in [-0.05, 0) is 51.8 Å². The molecule has 0 bridgehead atoms. The van der Waals surface area contributed by atoms with E-state index in [1.165, 1.54) is 6.07 Å². The monoisotopic (exact) mass is 510 g/mol. The van der Waals surface area contributed by atoms with E-state index in [1.807, 2.05) is 0 Å². The first-order valence-corrected chi connectivity index (χ1v) is 12.7. The number of amidine groups is 1. The number of nitrogens with two attached hydrogens (primary N) is 1. The molecule has 0 saturated carbocycles. The average Bonchev–Trinajstić information content (AvgIpc) is 2.97. The van der Waals surface area contributed by atoms with E-state index in [1.54, 1.807) is 20.8 Å². The van der Waals surface area contributed by atoms with Crippen LogP contribution in [0.3, 0.4) is 0 Å². The van der Waals surface area contributed by atoms with Crippen molar-refractivity contribution in [2.24, 2.45) is 15.1 Å². The lowest BCUT2D eigenvalue weighted by Crippen LogP contribution is -2.59. The van der Waals surface area contributed by atoms with Gasteiger partial charge in [-0.25, -0.2) is 27.3 Å². The maximum atomic E-state index is 15.2. The minimum Gasteiger partial charge on any atom is -0.386 e. The number of halogens is 3. The van der Waals surface area contributed by atoms with Crippen molar-refractivity contribution in [3.8, 4) is 0 Å². The van der Waals surface area contributed by atoms with Gasteiger partial charge in [0.05, 0.1) is 26.2 Å². The minimum absolute atomic E-state index is 0.000446. The Balaban J connectivity index is 1.80. The van der Waals surface area contributed by atoms with Crippen molar-refractivity contribution < 1.29 is 17.8 Å². The van der Waals surface area contributed by atoms with Gasteiger partial charge in [-0.2, -0.15) is 0 Å². The average molecular weight is 511 g/mol. The number of rotatable bonds is 3. The lowest BCUT2D eigenvalue weighted by Gasteiger charge is -2.45. The maximum absolute atomic E-state index is 15.2. The molecule has 3 N–H and O–H groups in total. The van der Waals surface area contributed by atoms with Gasteiger partial charge < -0.3 is 11.1 Å².